The van der Waals surface area contributed by atoms with E-state index >= 15 is 0 Å². The van der Waals surface area contributed by atoms with Gasteiger partial charge in [0.2, 0.25) is 5.91 Å². The Morgan fingerprint density at radius 1 is 1.11 bits per heavy atom. The van der Waals surface area contributed by atoms with Gasteiger partial charge in [0.15, 0.2) is 5.78 Å². The standard InChI is InChI=1S/C31H37N3O3S/c1-20(2)28(33-16-24-7-5-6-8-25(24)17-33)30(37)34-18-26(35)15-31(34,4)27(36)14-11-22-9-12-23(13-10-22)29-21(3)32-19-38-29/h5-10,12-13,19-20,26,28,35H,11,14-18H2,1-4H3/t26-,28+,31?/m1/s1. The summed E-state index contributed by atoms with van der Waals surface area (Å²) in [6, 6.07) is 16.3. The molecule has 3 heterocycles. The first kappa shape index (κ1) is 26.7. The quantitative estimate of drug-likeness (QED) is 0.442. The number of rotatable bonds is 8. The second-order valence-corrected chi connectivity index (χ2v) is 12.2. The molecule has 0 aliphatic carbocycles. The number of nitrogens with zero attached hydrogens (tertiary/aromatic N) is 3. The van der Waals surface area contributed by atoms with Crippen LogP contribution in [0.25, 0.3) is 10.4 Å². The normalized spacial score (nSPS) is 22.2. The van der Waals surface area contributed by atoms with Crippen molar-refractivity contribution in [1.29, 1.82) is 0 Å². The maximum atomic E-state index is 14.1. The van der Waals surface area contributed by atoms with Gasteiger partial charge >= 0.3 is 0 Å². The molecule has 38 heavy (non-hydrogen) atoms. The smallest absolute Gasteiger partial charge is 0.241 e. The van der Waals surface area contributed by atoms with Gasteiger partial charge in [-0.25, -0.2) is 4.98 Å². The van der Waals surface area contributed by atoms with Crippen LogP contribution in [0.2, 0.25) is 0 Å². The fraction of sp³-hybridized carbons (Fsp3) is 0.452. The minimum absolute atomic E-state index is 0.0111. The first-order valence-electron chi connectivity index (χ1n) is 13.5. The number of hydrogen-bond donors (Lipinski definition) is 1. The van der Waals surface area contributed by atoms with Crippen LogP contribution in [0.4, 0.5) is 0 Å². The number of Topliss-reactive ketones (excluding diaryl/α,β-unsaturated/α-hetero) is 1. The van der Waals surface area contributed by atoms with Crippen LogP contribution in [0.5, 0.6) is 0 Å². The van der Waals surface area contributed by atoms with Gasteiger partial charge in [-0.15, -0.1) is 11.3 Å². The minimum Gasteiger partial charge on any atom is -0.391 e. The number of β-amino-alcohol motifs (C(OH)–C–C–N with tert-alkyl or cyclic N) is 1. The van der Waals surface area contributed by atoms with Gasteiger partial charge in [0.1, 0.15) is 5.54 Å². The Balaban J connectivity index is 1.29. The van der Waals surface area contributed by atoms with Gasteiger partial charge in [0, 0.05) is 32.5 Å². The number of carbonyl (C=O) groups excluding carboxylic acids is 2. The number of benzene rings is 2. The molecule has 1 aromatic heterocycles. The lowest BCUT2D eigenvalue weighted by Crippen LogP contribution is -2.57. The summed E-state index contributed by atoms with van der Waals surface area (Å²) in [7, 11) is 0. The van der Waals surface area contributed by atoms with E-state index in [1.54, 1.807) is 16.2 Å². The molecule has 5 rings (SSSR count). The summed E-state index contributed by atoms with van der Waals surface area (Å²) in [6.45, 7) is 9.63. The number of fused-ring (bicyclic) bond motifs is 1. The largest absolute Gasteiger partial charge is 0.391 e. The van der Waals surface area contributed by atoms with Crippen molar-refractivity contribution in [2.75, 3.05) is 6.54 Å². The minimum atomic E-state index is -1.00. The molecule has 0 spiro atoms. The van der Waals surface area contributed by atoms with Gasteiger partial charge in [-0.1, -0.05) is 62.4 Å². The van der Waals surface area contributed by atoms with E-state index in [2.05, 4.69) is 60.1 Å². The molecule has 0 bridgehead atoms. The average Bonchev–Trinajstić information content (AvgIpc) is 3.59. The molecule has 1 amide bonds. The third-order valence-electron chi connectivity index (χ3n) is 8.23. The van der Waals surface area contributed by atoms with Crippen molar-refractivity contribution in [1.82, 2.24) is 14.8 Å². The maximum absolute atomic E-state index is 14.1. The van der Waals surface area contributed by atoms with Crippen molar-refractivity contribution in [3.8, 4) is 10.4 Å². The molecule has 1 unspecified atom stereocenters. The van der Waals surface area contributed by atoms with E-state index in [9.17, 15) is 14.7 Å². The summed E-state index contributed by atoms with van der Waals surface area (Å²) in [4.78, 5) is 37.1. The number of aliphatic hydroxyl groups is 1. The van der Waals surface area contributed by atoms with E-state index in [1.807, 2.05) is 31.5 Å². The summed E-state index contributed by atoms with van der Waals surface area (Å²) in [6.07, 6.45) is 0.516. The van der Waals surface area contributed by atoms with Crippen molar-refractivity contribution in [3.63, 3.8) is 0 Å². The first-order valence-corrected chi connectivity index (χ1v) is 14.4. The van der Waals surface area contributed by atoms with E-state index in [4.69, 9.17) is 0 Å². The number of hydrogen-bond acceptors (Lipinski definition) is 6. The molecule has 200 valence electrons. The van der Waals surface area contributed by atoms with Gasteiger partial charge in [-0.3, -0.25) is 14.5 Å². The summed E-state index contributed by atoms with van der Waals surface area (Å²) >= 11 is 1.63. The fourth-order valence-corrected chi connectivity index (χ4v) is 6.96. The van der Waals surface area contributed by atoms with Gasteiger partial charge in [0.05, 0.1) is 28.2 Å². The zero-order valence-corrected chi connectivity index (χ0v) is 23.5. The van der Waals surface area contributed by atoms with Gasteiger partial charge in [0.25, 0.3) is 0 Å². The Morgan fingerprint density at radius 2 is 1.76 bits per heavy atom. The fourth-order valence-electron chi connectivity index (χ4n) is 6.15. The lowest BCUT2D eigenvalue weighted by Gasteiger charge is -2.39. The lowest BCUT2D eigenvalue weighted by molar-refractivity contribution is -0.148. The Kier molecular flexibility index (Phi) is 7.54. The summed E-state index contributed by atoms with van der Waals surface area (Å²) < 4.78 is 0. The van der Waals surface area contributed by atoms with E-state index in [0.717, 1.165) is 34.8 Å². The lowest BCUT2D eigenvalue weighted by atomic mass is 9.87. The van der Waals surface area contributed by atoms with Crippen LogP contribution in [0.3, 0.4) is 0 Å². The van der Waals surface area contributed by atoms with Crippen molar-refractivity contribution in [3.05, 3.63) is 76.4 Å². The Morgan fingerprint density at radius 3 is 2.34 bits per heavy atom. The molecule has 0 saturated carbocycles. The number of likely N-dealkylation sites (tertiary alicyclic amines) is 1. The molecular weight excluding hydrogens is 494 g/mol. The average molecular weight is 532 g/mol. The highest BCUT2D eigenvalue weighted by Gasteiger charge is 2.51. The van der Waals surface area contributed by atoms with Crippen molar-refractivity contribution < 1.29 is 14.7 Å². The Labute approximate surface area is 229 Å². The molecular formula is C31H37N3O3S. The van der Waals surface area contributed by atoms with E-state index in [1.165, 1.54) is 11.1 Å². The molecule has 3 atom stereocenters. The second-order valence-electron chi connectivity index (χ2n) is 11.3. The summed E-state index contributed by atoms with van der Waals surface area (Å²) in [5, 5.41) is 10.6. The number of aliphatic hydroxyl groups excluding tert-OH is 1. The maximum Gasteiger partial charge on any atom is 0.241 e. The second kappa shape index (κ2) is 10.7. The van der Waals surface area contributed by atoms with Crippen LogP contribution in [0, 0.1) is 12.8 Å². The third kappa shape index (κ3) is 5.07. The molecule has 1 N–H and O–H groups in total. The van der Waals surface area contributed by atoms with Crippen LogP contribution in [0.1, 0.15) is 56.0 Å². The third-order valence-corrected chi connectivity index (χ3v) is 9.21. The van der Waals surface area contributed by atoms with Crippen LogP contribution in [0.15, 0.2) is 54.0 Å². The van der Waals surface area contributed by atoms with Gasteiger partial charge in [-0.05, 0) is 48.4 Å². The molecule has 2 aliphatic heterocycles. The van der Waals surface area contributed by atoms with Crippen LogP contribution in [-0.4, -0.2) is 55.8 Å². The number of amides is 1. The molecule has 0 radical (unpaired) electrons. The van der Waals surface area contributed by atoms with Crippen molar-refractivity contribution in [2.24, 2.45) is 5.92 Å². The number of aryl methyl sites for hydroxylation is 2. The van der Waals surface area contributed by atoms with E-state index < -0.39 is 11.6 Å². The van der Waals surface area contributed by atoms with Crippen LogP contribution < -0.4 is 0 Å². The number of thiazole rings is 1. The zero-order chi connectivity index (χ0) is 27.0. The molecule has 3 aromatic rings. The molecule has 7 heteroatoms. The highest BCUT2D eigenvalue weighted by atomic mass is 32.1. The highest BCUT2D eigenvalue weighted by molar-refractivity contribution is 7.13. The number of carbonyl (C=O) groups is 2. The molecule has 6 nitrogen and oxygen atoms in total. The molecule has 2 aliphatic rings. The SMILES string of the molecule is Cc1ncsc1-c1ccc(CCC(=O)C2(C)C[C@@H](O)CN2C(=O)[C@H](C(C)C)N2Cc3ccccc3C2)cc1. The van der Waals surface area contributed by atoms with E-state index in [0.29, 0.717) is 12.8 Å². The van der Waals surface area contributed by atoms with E-state index in [-0.39, 0.29) is 36.6 Å². The van der Waals surface area contributed by atoms with Gasteiger partial charge < -0.3 is 10.0 Å². The predicted octanol–water partition coefficient (Wildman–Crippen LogP) is 5.01. The first-order chi connectivity index (χ1) is 18.2. The predicted molar refractivity (Wildman–Crippen MR) is 151 cm³/mol. The Bertz CT molecular complexity index is 1290. The molecule has 1 saturated heterocycles. The Hall–Kier alpha value is -2.87. The monoisotopic (exact) mass is 531 g/mol. The molecule has 1 fully saturated rings. The molecule has 2 aromatic carbocycles. The highest BCUT2D eigenvalue weighted by Crippen LogP contribution is 2.36. The summed E-state index contributed by atoms with van der Waals surface area (Å²) in [5.74, 6) is 0.0380. The topological polar surface area (TPSA) is 73.7 Å². The van der Waals surface area contributed by atoms with Crippen LogP contribution in [-0.2, 0) is 29.1 Å². The zero-order valence-electron chi connectivity index (χ0n) is 22.7. The van der Waals surface area contributed by atoms with Crippen molar-refractivity contribution in [2.45, 2.75) is 77.7 Å². The van der Waals surface area contributed by atoms with Crippen molar-refractivity contribution >= 4 is 23.0 Å². The van der Waals surface area contributed by atoms with Gasteiger partial charge in [-0.2, -0.15) is 0 Å². The summed E-state index contributed by atoms with van der Waals surface area (Å²) in [5.41, 5.74) is 6.59. The number of aromatic nitrogens is 1. The van der Waals surface area contributed by atoms with Crippen LogP contribution >= 0.6 is 11.3 Å². The number of ketones is 1.